The van der Waals surface area contributed by atoms with E-state index in [4.69, 9.17) is 9.57 Å². The van der Waals surface area contributed by atoms with Crippen LogP contribution < -0.4 is 4.74 Å². The van der Waals surface area contributed by atoms with Crippen LogP contribution in [0, 0.1) is 13.8 Å². The van der Waals surface area contributed by atoms with Gasteiger partial charge in [0.2, 0.25) is 0 Å². The molecule has 0 heterocycles. The van der Waals surface area contributed by atoms with E-state index in [0.29, 0.717) is 6.61 Å². The summed E-state index contributed by atoms with van der Waals surface area (Å²) in [5.74, 6) is 0.894. The summed E-state index contributed by atoms with van der Waals surface area (Å²) in [6.07, 6.45) is 1.67. The quantitative estimate of drug-likeness (QED) is 0.338. The van der Waals surface area contributed by atoms with Gasteiger partial charge in [0.25, 0.3) is 0 Å². The lowest BCUT2D eigenvalue weighted by molar-refractivity contribution is 0.175. The number of methoxy groups -OCH3 is 1. The molecule has 0 aromatic heterocycles. The second kappa shape index (κ2) is 6.09. The highest BCUT2D eigenvalue weighted by Crippen LogP contribution is 2.23. The van der Waals surface area contributed by atoms with Gasteiger partial charge in [0, 0.05) is 5.56 Å². The molecule has 1 aromatic rings. The molecule has 0 saturated heterocycles. The molecule has 0 amide bonds. The standard InChI is InChI=1S/C14H19NO2/c1-6-7-17-15-12(4)13-8-11(3)14(16-5)9-10(13)2/h6,8-9H,1,7H2,2-5H3/b15-12+. The van der Waals surface area contributed by atoms with Gasteiger partial charge in [-0.3, -0.25) is 0 Å². The second-order valence-corrected chi connectivity index (χ2v) is 3.90. The van der Waals surface area contributed by atoms with Crippen molar-refractivity contribution >= 4 is 5.71 Å². The van der Waals surface area contributed by atoms with Crippen LogP contribution in [0.1, 0.15) is 23.6 Å². The summed E-state index contributed by atoms with van der Waals surface area (Å²) in [5.41, 5.74) is 4.14. The molecule has 0 unspecified atom stereocenters. The molecule has 0 saturated carbocycles. The SMILES string of the molecule is C=CCO/N=C(\C)c1cc(C)c(OC)cc1C. The van der Waals surface area contributed by atoms with E-state index in [1.165, 1.54) is 0 Å². The Hall–Kier alpha value is -1.77. The summed E-state index contributed by atoms with van der Waals surface area (Å²) in [7, 11) is 1.68. The van der Waals surface area contributed by atoms with Gasteiger partial charge in [-0.15, -0.1) is 0 Å². The lowest BCUT2D eigenvalue weighted by Gasteiger charge is -2.10. The third kappa shape index (κ3) is 3.34. The molecule has 0 aliphatic heterocycles. The second-order valence-electron chi connectivity index (χ2n) is 3.90. The molecule has 0 bridgehead atoms. The summed E-state index contributed by atoms with van der Waals surface area (Å²) in [5, 5.41) is 4.05. The molecule has 0 spiro atoms. The average Bonchev–Trinajstić information content (AvgIpc) is 2.31. The molecule has 0 fully saturated rings. The van der Waals surface area contributed by atoms with Gasteiger partial charge in [-0.25, -0.2) is 0 Å². The molecule has 92 valence electrons. The third-order valence-corrected chi connectivity index (χ3v) is 2.53. The van der Waals surface area contributed by atoms with Crippen molar-refractivity contribution in [2.24, 2.45) is 5.16 Å². The number of hydrogen-bond donors (Lipinski definition) is 0. The van der Waals surface area contributed by atoms with Gasteiger partial charge in [0.15, 0.2) is 0 Å². The number of nitrogens with zero attached hydrogens (tertiary/aromatic N) is 1. The number of ether oxygens (including phenoxy) is 1. The zero-order valence-electron chi connectivity index (χ0n) is 10.9. The Balaban J connectivity index is 3.01. The summed E-state index contributed by atoms with van der Waals surface area (Å²) >= 11 is 0. The van der Waals surface area contributed by atoms with E-state index >= 15 is 0 Å². The van der Waals surface area contributed by atoms with Crippen LogP contribution in [0.15, 0.2) is 29.9 Å². The molecule has 0 aliphatic carbocycles. The average molecular weight is 233 g/mol. The van der Waals surface area contributed by atoms with Crippen LogP contribution in [0.2, 0.25) is 0 Å². The first kappa shape index (κ1) is 13.3. The van der Waals surface area contributed by atoms with Crippen molar-refractivity contribution in [1.29, 1.82) is 0 Å². The maximum absolute atomic E-state index is 5.27. The van der Waals surface area contributed by atoms with Crippen molar-refractivity contribution in [1.82, 2.24) is 0 Å². The van der Waals surface area contributed by atoms with Crippen LogP contribution in [0.25, 0.3) is 0 Å². The van der Waals surface area contributed by atoms with Crippen molar-refractivity contribution < 1.29 is 9.57 Å². The molecule has 1 aromatic carbocycles. The number of benzene rings is 1. The Bertz CT molecular complexity index is 436. The van der Waals surface area contributed by atoms with Gasteiger partial charge >= 0.3 is 0 Å². The first-order valence-corrected chi connectivity index (χ1v) is 5.53. The smallest absolute Gasteiger partial charge is 0.135 e. The van der Waals surface area contributed by atoms with Crippen molar-refractivity contribution in [2.45, 2.75) is 20.8 Å². The highest BCUT2D eigenvalue weighted by molar-refractivity contribution is 6.00. The molecule has 3 nitrogen and oxygen atoms in total. The molecule has 3 heteroatoms. The number of rotatable bonds is 5. The van der Waals surface area contributed by atoms with Crippen molar-refractivity contribution in [2.75, 3.05) is 13.7 Å². The van der Waals surface area contributed by atoms with Crippen LogP contribution in [0.4, 0.5) is 0 Å². The van der Waals surface area contributed by atoms with Gasteiger partial charge < -0.3 is 9.57 Å². The fraction of sp³-hybridized carbons (Fsp3) is 0.357. The Kier molecular flexibility index (Phi) is 4.76. The number of aryl methyl sites for hydroxylation is 2. The zero-order valence-corrected chi connectivity index (χ0v) is 10.9. The predicted octanol–water partition coefficient (Wildman–Crippen LogP) is 3.24. The third-order valence-electron chi connectivity index (χ3n) is 2.53. The van der Waals surface area contributed by atoms with Crippen LogP contribution in [-0.2, 0) is 4.84 Å². The summed E-state index contributed by atoms with van der Waals surface area (Å²) in [6.45, 7) is 9.97. The highest BCUT2D eigenvalue weighted by Gasteiger charge is 2.07. The van der Waals surface area contributed by atoms with Crippen LogP contribution >= 0.6 is 0 Å². The summed E-state index contributed by atoms with van der Waals surface area (Å²) < 4.78 is 5.27. The van der Waals surface area contributed by atoms with Gasteiger partial charge in [0.1, 0.15) is 12.4 Å². The van der Waals surface area contributed by atoms with Crippen molar-refractivity contribution in [3.8, 4) is 5.75 Å². The van der Waals surface area contributed by atoms with E-state index in [1.807, 2.05) is 26.8 Å². The molecule has 0 radical (unpaired) electrons. The van der Waals surface area contributed by atoms with E-state index in [9.17, 15) is 0 Å². The van der Waals surface area contributed by atoms with Crippen LogP contribution in [-0.4, -0.2) is 19.4 Å². The van der Waals surface area contributed by atoms with Gasteiger partial charge in [-0.05, 0) is 44.0 Å². The Labute approximate surface area is 103 Å². The minimum Gasteiger partial charge on any atom is -0.496 e. The highest BCUT2D eigenvalue weighted by atomic mass is 16.6. The fourth-order valence-corrected chi connectivity index (χ4v) is 1.64. The molecular weight excluding hydrogens is 214 g/mol. The summed E-state index contributed by atoms with van der Waals surface area (Å²) in [4.78, 5) is 5.09. The molecule has 17 heavy (non-hydrogen) atoms. The fourth-order valence-electron chi connectivity index (χ4n) is 1.64. The van der Waals surface area contributed by atoms with E-state index in [2.05, 4.69) is 17.8 Å². The van der Waals surface area contributed by atoms with E-state index in [-0.39, 0.29) is 0 Å². The van der Waals surface area contributed by atoms with Gasteiger partial charge in [-0.1, -0.05) is 17.8 Å². The van der Waals surface area contributed by atoms with E-state index < -0.39 is 0 Å². The molecule has 1 rings (SSSR count). The van der Waals surface area contributed by atoms with Gasteiger partial charge in [0.05, 0.1) is 12.8 Å². The van der Waals surface area contributed by atoms with Crippen LogP contribution in [0.5, 0.6) is 5.75 Å². The topological polar surface area (TPSA) is 30.8 Å². The minimum atomic E-state index is 0.422. The maximum atomic E-state index is 5.27. The van der Waals surface area contributed by atoms with Gasteiger partial charge in [-0.2, -0.15) is 0 Å². The molecule has 0 atom stereocenters. The Morgan fingerprint density at radius 1 is 1.35 bits per heavy atom. The lowest BCUT2D eigenvalue weighted by atomic mass is 10.0. The largest absolute Gasteiger partial charge is 0.496 e. The van der Waals surface area contributed by atoms with Crippen molar-refractivity contribution in [3.05, 3.63) is 41.5 Å². The molecular formula is C14H19NO2. The molecule has 0 N–H and O–H groups in total. The first-order valence-electron chi connectivity index (χ1n) is 5.53. The van der Waals surface area contributed by atoms with Crippen molar-refractivity contribution in [3.63, 3.8) is 0 Å². The van der Waals surface area contributed by atoms with E-state index in [0.717, 1.165) is 28.2 Å². The minimum absolute atomic E-state index is 0.422. The molecule has 0 aliphatic rings. The monoisotopic (exact) mass is 233 g/mol. The maximum Gasteiger partial charge on any atom is 0.135 e. The first-order chi connectivity index (χ1) is 8.10. The Morgan fingerprint density at radius 3 is 2.65 bits per heavy atom. The lowest BCUT2D eigenvalue weighted by Crippen LogP contribution is -2.01. The normalized spacial score (nSPS) is 11.2. The summed E-state index contributed by atoms with van der Waals surface area (Å²) in [6, 6.07) is 4.07. The number of hydrogen-bond acceptors (Lipinski definition) is 3. The number of oxime groups is 1. The Morgan fingerprint density at radius 2 is 2.06 bits per heavy atom. The van der Waals surface area contributed by atoms with E-state index in [1.54, 1.807) is 13.2 Å². The predicted molar refractivity (Wildman–Crippen MR) is 70.8 cm³/mol. The van der Waals surface area contributed by atoms with Crippen LogP contribution in [0.3, 0.4) is 0 Å². The zero-order chi connectivity index (χ0) is 12.8.